The molecule has 0 radical (unpaired) electrons. The number of hydrogen-bond acceptors (Lipinski definition) is 5. The van der Waals surface area contributed by atoms with Crippen LogP contribution in [0.1, 0.15) is 19.4 Å². The summed E-state index contributed by atoms with van der Waals surface area (Å²) in [4.78, 5) is 4.22. The van der Waals surface area contributed by atoms with Crippen molar-refractivity contribution in [2.75, 3.05) is 18.9 Å². The summed E-state index contributed by atoms with van der Waals surface area (Å²) in [6.45, 7) is 4.90. The first-order chi connectivity index (χ1) is 13.2. The lowest BCUT2D eigenvalue weighted by molar-refractivity contribution is 0.288. The second-order valence-corrected chi connectivity index (χ2v) is 5.81. The first kappa shape index (κ1) is 18.3. The van der Waals surface area contributed by atoms with Gasteiger partial charge >= 0.3 is 0 Å². The van der Waals surface area contributed by atoms with Crippen LogP contribution in [0.4, 0.5) is 5.82 Å². The molecule has 5 heteroatoms. The van der Waals surface area contributed by atoms with E-state index in [4.69, 9.17) is 15.2 Å². The molecule has 1 heterocycles. The van der Waals surface area contributed by atoms with Gasteiger partial charge < -0.3 is 15.2 Å². The van der Waals surface area contributed by atoms with Crippen LogP contribution in [0.15, 0.2) is 54.7 Å². The number of nitrogens with zero attached hydrogens (tertiary/aromatic N) is 2. The fraction of sp³-hybridized carbons (Fsp3) is 0.182. The monoisotopic (exact) mass is 359 g/mol. The fourth-order valence-electron chi connectivity index (χ4n) is 2.98. The van der Waals surface area contributed by atoms with Gasteiger partial charge in [-0.2, -0.15) is 5.26 Å². The van der Waals surface area contributed by atoms with Crippen molar-refractivity contribution in [3.63, 3.8) is 0 Å². The highest BCUT2D eigenvalue weighted by Crippen LogP contribution is 2.40. The van der Waals surface area contributed by atoms with Crippen LogP contribution in [-0.2, 0) is 0 Å². The van der Waals surface area contributed by atoms with Gasteiger partial charge in [-0.25, -0.2) is 4.98 Å². The third kappa shape index (κ3) is 3.70. The molecule has 0 aliphatic carbocycles. The van der Waals surface area contributed by atoms with Crippen molar-refractivity contribution in [3.05, 3.63) is 60.3 Å². The first-order valence-electron chi connectivity index (χ1n) is 8.83. The summed E-state index contributed by atoms with van der Waals surface area (Å²) >= 11 is 0. The highest BCUT2D eigenvalue weighted by molar-refractivity contribution is 5.90. The van der Waals surface area contributed by atoms with Gasteiger partial charge in [0.2, 0.25) is 0 Å². The molecule has 0 bridgehead atoms. The molecule has 0 fully saturated rings. The Morgan fingerprint density at radius 3 is 2.33 bits per heavy atom. The van der Waals surface area contributed by atoms with Crippen molar-refractivity contribution in [2.24, 2.45) is 0 Å². The SMILES string of the molecule is CCOc1ccc(-c2c(-c3ccccc3)cnc(N)c2C#N)cc1OCC. The smallest absolute Gasteiger partial charge is 0.161 e. The first-order valence-corrected chi connectivity index (χ1v) is 8.83. The van der Waals surface area contributed by atoms with E-state index >= 15 is 0 Å². The Balaban J connectivity index is 2.26. The van der Waals surface area contributed by atoms with Crippen molar-refractivity contribution >= 4 is 5.82 Å². The number of nitrogens with two attached hydrogens (primary N) is 1. The molecule has 27 heavy (non-hydrogen) atoms. The molecule has 0 aliphatic rings. The zero-order valence-electron chi connectivity index (χ0n) is 15.4. The maximum Gasteiger partial charge on any atom is 0.161 e. The van der Waals surface area contributed by atoms with Crippen molar-refractivity contribution in [3.8, 4) is 39.8 Å². The largest absolute Gasteiger partial charge is 0.490 e. The average Bonchev–Trinajstić information content (AvgIpc) is 2.70. The van der Waals surface area contributed by atoms with Gasteiger partial charge in [-0.3, -0.25) is 0 Å². The van der Waals surface area contributed by atoms with Gasteiger partial charge in [-0.1, -0.05) is 36.4 Å². The lowest BCUT2D eigenvalue weighted by atomic mass is 9.92. The maximum absolute atomic E-state index is 9.72. The van der Waals surface area contributed by atoms with Crippen LogP contribution >= 0.6 is 0 Å². The number of nitrogen functional groups attached to an aromatic ring is 1. The molecule has 0 amide bonds. The van der Waals surface area contributed by atoms with E-state index < -0.39 is 0 Å². The van der Waals surface area contributed by atoms with Crippen molar-refractivity contribution in [1.29, 1.82) is 5.26 Å². The van der Waals surface area contributed by atoms with Gasteiger partial charge in [-0.05, 0) is 37.1 Å². The van der Waals surface area contributed by atoms with Crippen LogP contribution in [0, 0.1) is 11.3 Å². The Morgan fingerprint density at radius 1 is 0.963 bits per heavy atom. The molecule has 0 atom stereocenters. The average molecular weight is 359 g/mol. The second-order valence-electron chi connectivity index (χ2n) is 5.81. The number of rotatable bonds is 6. The molecule has 0 aliphatic heterocycles. The molecule has 5 nitrogen and oxygen atoms in total. The molecule has 2 N–H and O–H groups in total. The predicted octanol–water partition coefficient (Wildman–Crippen LogP) is 4.67. The fourth-order valence-corrected chi connectivity index (χ4v) is 2.98. The van der Waals surface area contributed by atoms with Gasteiger partial charge in [0.05, 0.1) is 13.2 Å². The molecule has 0 spiro atoms. The molecule has 0 saturated heterocycles. The van der Waals surface area contributed by atoms with Crippen molar-refractivity contribution < 1.29 is 9.47 Å². The summed E-state index contributed by atoms with van der Waals surface area (Å²) in [5, 5.41) is 9.72. The Hall–Kier alpha value is -3.52. The molecular formula is C22H21N3O2. The minimum atomic E-state index is 0.207. The number of hydrogen-bond donors (Lipinski definition) is 1. The number of aromatic nitrogens is 1. The summed E-state index contributed by atoms with van der Waals surface area (Å²) in [5.74, 6) is 1.51. The molecular weight excluding hydrogens is 338 g/mol. The molecule has 2 aromatic carbocycles. The van der Waals surface area contributed by atoms with Crippen LogP contribution in [-0.4, -0.2) is 18.2 Å². The number of benzene rings is 2. The molecule has 1 aromatic heterocycles. The van der Waals surface area contributed by atoms with Crippen LogP contribution in [0.25, 0.3) is 22.3 Å². The molecule has 136 valence electrons. The number of pyridine rings is 1. The van der Waals surface area contributed by atoms with Gasteiger partial charge in [0, 0.05) is 17.3 Å². The van der Waals surface area contributed by atoms with Crippen molar-refractivity contribution in [1.82, 2.24) is 4.98 Å². The van der Waals surface area contributed by atoms with E-state index in [2.05, 4.69) is 11.1 Å². The number of anilines is 1. The Morgan fingerprint density at radius 2 is 1.67 bits per heavy atom. The van der Waals surface area contributed by atoms with Gasteiger partial charge in [-0.15, -0.1) is 0 Å². The summed E-state index contributed by atoms with van der Waals surface area (Å²) in [5.41, 5.74) is 9.71. The minimum Gasteiger partial charge on any atom is -0.490 e. The van der Waals surface area contributed by atoms with Crippen LogP contribution in [0.3, 0.4) is 0 Å². The van der Waals surface area contributed by atoms with E-state index in [0.717, 1.165) is 22.3 Å². The Kier molecular flexibility index (Phi) is 5.58. The zero-order valence-corrected chi connectivity index (χ0v) is 15.4. The van der Waals surface area contributed by atoms with Crippen LogP contribution in [0.5, 0.6) is 11.5 Å². The second kappa shape index (κ2) is 8.24. The molecule has 0 unspecified atom stereocenters. The Labute approximate surface area is 159 Å². The van der Waals surface area contributed by atoms with E-state index in [9.17, 15) is 5.26 Å². The van der Waals surface area contributed by atoms with E-state index in [1.165, 1.54) is 0 Å². The van der Waals surface area contributed by atoms with Gasteiger partial charge in [0.15, 0.2) is 11.5 Å². The molecule has 3 aromatic rings. The normalized spacial score (nSPS) is 10.3. The highest BCUT2D eigenvalue weighted by Gasteiger charge is 2.18. The number of ether oxygens (including phenoxy) is 2. The van der Waals surface area contributed by atoms with Gasteiger partial charge in [0.1, 0.15) is 17.5 Å². The van der Waals surface area contributed by atoms with Crippen LogP contribution < -0.4 is 15.2 Å². The predicted molar refractivity (Wildman–Crippen MR) is 107 cm³/mol. The van der Waals surface area contributed by atoms with Gasteiger partial charge in [0.25, 0.3) is 0 Å². The van der Waals surface area contributed by atoms with Crippen LogP contribution in [0.2, 0.25) is 0 Å². The highest BCUT2D eigenvalue weighted by atomic mass is 16.5. The summed E-state index contributed by atoms with van der Waals surface area (Å²) in [6.07, 6.45) is 1.71. The Bertz CT molecular complexity index is 979. The third-order valence-electron chi connectivity index (χ3n) is 4.14. The van der Waals surface area contributed by atoms with E-state index in [1.54, 1.807) is 6.20 Å². The zero-order chi connectivity index (χ0) is 19.2. The summed E-state index contributed by atoms with van der Waals surface area (Å²) in [7, 11) is 0. The van der Waals surface area contributed by atoms with E-state index in [1.807, 2.05) is 62.4 Å². The standard InChI is InChI=1S/C22H21N3O2/c1-3-26-19-11-10-16(12-20(19)27-4-2)21-17(13-23)22(24)25-14-18(21)15-8-6-5-7-9-15/h5-12,14H,3-4H2,1-2H3,(H2,24,25). The van der Waals surface area contributed by atoms with E-state index in [0.29, 0.717) is 30.3 Å². The molecule has 0 saturated carbocycles. The van der Waals surface area contributed by atoms with E-state index in [-0.39, 0.29) is 5.82 Å². The van der Waals surface area contributed by atoms with Crippen molar-refractivity contribution in [2.45, 2.75) is 13.8 Å². The lowest BCUT2D eigenvalue weighted by Gasteiger charge is -2.16. The topological polar surface area (TPSA) is 81.2 Å². The molecule has 3 rings (SSSR count). The quantitative estimate of drug-likeness (QED) is 0.692. The summed E-state index contributed by atoms with van der Waals surface area (Å²) < 4.78 is 11.4. The lowest BCUT2D eigenvalue weighted by Crippen LogP contribution is -2.01. The third-order valence-corrected chi connectivity index (χ3v) is 4.14. The minimum absolute atomic E-state index is 0.207. The maximum atomic E-state index is 9.72. The summed E-state index contributed by atoms with van der Waals surface area (Å²) in [6, 6.07) is 17.7. The number of nitriles is 1.